The molecule has 0 bridgehead atoms. The van der Waals surface area contributed by atoms with Crippen molar-refractivity contribution < 1.29 is 9.90 Å². The summed E-state index contributed by atoms with van der Waals surface area (Å²) in [7, 11) is -0.830. The number of rotatable bonds is 2. The van der Waals surface area contributed by atoms with Crippen LogP contribution in [-0.4, -0.2) is 19.9 Å². The maximum absolute atomic E-state index is 11.4. The Labute approximate surface area is 132 Å². The van der Waals surface area contributed by atoms with Gasteiger partial charge in [0.05, 0.1) is 5.56 Å². The summed E-state index contributed by atoms with van der Waals surface area (Å²) in [5.74, 6) is -0.839. The Morgan fingerprint density at radius 2 is 1.67 bits per heavy atom. The van der Waals surface area contributed by atoms with E-state index in [1.54, 1.807) is 17.4 Å². The number of hydrogen-bond acceptors (Lipinski definition) is 2. The number of carbonyl (C=O) groups is 1. The standard InChI is InChI=1S/C17H23O2SSi/c1-16(2,3)21(17(4,5)6)13-10-11-8-7-9-12(15(18)19)14(11)20-13/h7-10H,1-6H3,(H,18,19). The molecule has 0 aliphatic heterocycles. The SMILES string of the molecule is CC(C)(C)[Si](c1cc2cccc(C(=O)O)c2s1)C(C)(C)C. The molecule has 0 saturated carbocycles. The van der Waals surface area contributed by atoms with Gasteiger partial charge in [0.15, 0.2) is 0 Å². The Kier molecular flexibility index (Phi) is 4.06. The number of carboxylic acid groups (broad SMARTS) is 1. The smallest absolute Gasteiger partial charge is 0.337 e. The van der Waals surface area contributed by atoms with Crippen LogP contribution in [0.15, 0.2) is 24.3 Å². The number of benzene rings is 1. The average molecular weight is 320 g/mol. The molecule has 113 valence electrons. The van der Waals surface area contributed by atoms with E-state index in [1.807, 2.05) is 12.1 Å². The molecule has 0 saturated heterocycles. The predicted molar refractivity (Wildman–Crippen MR) is 93.6 cm³/mol. The molecule has 2 nitrogen and oxygen atoms in total. The van der Waals surface area contributed by atoms with Crippen LogP contribution in [0.5, 0.6) is 0 Å². The van der Waals surface area contributed by atoms with Gasteiger partial charge in [0.2, 0.25) is 0 Å². The van der Waals surface area contributed by atoms with E-state index in [2.05, 4.69) is 47.6 Å². The van der Waals surface area contributed by atoms with Crippen molar-refractivity contribution in [3.05, 3.63) is 29.8 Å². The molecule has 0 aliphatic rings. The normalized spacial score (nSPS) is 13.1. The molecule has 0 spiro atoms. The van der Waals surface area contributed by atoms with E-state index >= 15 is 0 Å². The fraction of sp³-hybridized carbons (Fsp3) is 0.471. The second kappa shape index (κ2) is 5.25. The zero-order valence-electron chi connectivity index (χ0n) is 13.6. The number of aromatic carboxylic acids is 1. The minimum Gasteiger partial charge on any atom is -0.478 e. The lowest BCUT2D eigenvalue weighted by Crippen LogP contribution is -2.44. The van der Waals surface area contributed by atoms with E-state index in [-0.39, 0.29) is 10.1 Å². The van der Waals surface area contributed by atoms with E-state index < -0.39 is 14.8 Å². The van der Waals surface area contributed by atoms with Crippen LogP contribution in [0.2, 0.25) is 10.1 Å². The molecule has 0 aliphatic carbocycles. The Morgan fingerprint density at radius 3 is 2.14 bits per heavy atom. The molecule has 2 rings (SSSR count). The van der Waals surface area contributed by atoms with Crippen LogP contribution >= 0.6 is 11.3 Å². The van der Waals surface area contributed by atoms with Crippen molar-refractivity contribution in [2.75, 3.05) is 0 Å². The molecular weight excluding hydrogens is 296 g/mol. The first-order chi connectivity index (χ1) is 9.51. The van der Waals surface area contributed by atoms with Gasteiger partial charge in [-0.2, -0.15) is 0 Å². The molecule has 21 heavy (non-hydrogen) atoms. The monoisotopic (exact) mass is 319 g/mol. The van der Waals surface area contributed by atoms with Crippen LogP contribution in [0.4, 0.5) is 0 Å². The third-order valence-electron chi connectivity index (χ3n) is 3.52. The van der Waals surface area contributed by atoms with Crippen LogP contribution in [0.1, 0.15) is 51.9 Å². The molecule has 1 heterocycles. The van der Waals surface area contributed by atoms with E-state index in [1.165, 1.54) is 4.50 Å². The van der Waals surface area contributed by atoms with Gasteiger partial charge in [0, 0.05) is 4.70 Å². The van der Waals surface area contributed by atoms with Crippen LogP contribution in [0.25, 0.3) is 10.1 Å². The molecule has 1 aromatic carbocycles. The van der Waals surface area contributed by atoms with E-state index in [4.69, 9.17) is 0 Å². The number of fused-ring (bicyclic) bond motifs is 1. The van der Waals surface area contributed by atoms with Crippen LogP contribution in [0.3, 0.4) is 0 Å². The molecule has 4 heteroatoms. The fourth-order valence-corrected chi connectivity index (χ4v) is 10.7. The second-order valence-electron chi connectivity index (χ2n) is 7.51. The van der Waals surface area contributed by atoms with E-state index in [0.717, 1.165) is 10.1 Å². The summed E-state index contributed by atoms with van der Waals surface area (Å²) in [5.41, 5.74) is 0.424. The lowest BCUT2D eigenvalue weighted by atomic mass is 10.2. The van der Waals surface area contributed by atoms with Crippen LogP contribution in [0, 0.1) is 0 Å². The van der Waals surface area contributed by atoms with E-state index in [0.29, 0.717) is 5.56 Å². The first-order valence-corrected chi connectivity index (χ1v) is 9.47. The number of thiophene rings is 1. The summed E-state index contributed by atoms with van der Waals surface area (Å²) in [4.78, 5) is 11.4. The molecule has 1 radical (unpaired) electrons. The summed E-state index contributed by atoms with van der Waals surface area (Å²) in [6.45, 7) is 13.8. The van der Waals surface area contributed by atoms with Crippen molar-refractivity contribution in [2.24, 2.45) is 0 Å². The maximum atomic E-state index is 11.4. The maximum Gasteiger partial charge on any atom is 0.337 e. The number of hydrogen-bond donors (Lipinski definition) is 1. The van der Waals surface area contributed by atoms with Crippen molar-refractivity contribution >= 4 is 40.7 Å². The van der Waals surface area contributed by atoms with Crippen molar-refractivity contribution in [1.29, 1.82) is 0 Å². The summed E-state index contributed by atoms with van der Waals surface area (Å²) in [5, 5.41) is 10.9. The molecule has 1 N–H and O–H groups in total. The molecule has 0 fully saturated rings. The fourth-order valence-electron chi connectivity index (χ4n) is 3.22. The third kappa shape index (κ3) is 3.21. The van der Waals surface area contributed by atoms with Crippen molar-refractivity contribution in [3.8, 4) is 0 Å². The predicted octanol–water partition coefficient (Wildman–Crippen LogP) is 4.90. The van der Waals surface area contributed by atoms with E-state index in [9.17, 15) is 9.90 Å². The summed E-state index contributed by atoms with van der Waals surface area (Å²) in [6, 6.07) is 7.78. The molecule has 0 amide bonds. The highest BCUT2D eigenvalue weighted by molar-refractivity contribution is 7.29. The van der Waals surface area contributed by atoms with Crippen LogP contribution in [-0.2, 0) is 0 Å². The van der Waals surface area contributed by atoms with Gasteiger partial charge in [0.25, 0.3) is 0 Å². The van der Waals surface area contributed by atoms with Gasteiger partial charge < -0.3 is 5.11 Å². The quantitative estimate of drug-likeness (QED) is 0.799. The lowest BCUT2D eigenvalue weighted by Gasteiger charge is -2.38. The zero-order valence-corrected chi connectivity index (χ0v) is 15.4. The Bertz CT molecular complexity index is 660. The highest BCUT2D eigenvalue weighted by Crippen LogP contribution is 2.43. The molecular formula is C17H23O2SSi. The molecule has 2 aromatic rings. The lowest BCUT2D eigenvalue weighted by molar-refractivity contribution is 0.0699. The minimum absolute atomic E-state index is 0.229. The van der Waals surface area contributed by atoms with Crippen molar-refractivity contribution in [1.82, 2.24) is 0 Å². The Hall–Kier alpha value is -1.13. The van der Waals surface area contributed by atoms with Gasteiger partial charge >= 0.3 is 5.97 Å². The zero-order chi connectivity index (χ0) is 16.0. The van der Waals surface area contributed by atoms with Crippen LogP contribution < -0.4 is 4.50 Å². The van der Waals surface area contributed by atoms with Crippen molar-refractivity contribution in [2.45, 2.75) is 51.6 Å². The average Bonchev–Trinajstić information content (AvgIpc) is 2.66. The molecule has 1 aromatic heterocycles. The van der Waals surface area contributed by atoms with Crippen molar-refractivity contribution in [3.63, 3.8) is 0 Å². The first kappa shape index (κ1) is 16.2. The van der Waals surface area contributed by atoms with Gasteiger partial charge in [-0.25, -0.2) is 4.79 Å². The first-order valence-electron chi connectivity index (χ1n) is 7.16. The topological polar surface area (TPSA) is 37.3 Å². The van der Waals surface area contributed by atoms with Gasteiger partial charge in [-0.15, -0.1) is 11.3 Å². The summed E-state index contributed by atoms with van der Waals surface area (Å²) in [6.07, 6.45) is 0. The summed E-state index contributed by atoms with van der Waals surface area (Å²) < 4.78 is 2.29. The highest BCUT2D eigenvalue weighted by Gasteiger charge is 2.39. The Morgan fingerprint density at radius 1 is 1.10 bits per heavy atom. The molecule has 0 unspecified atom stereocenters. The van der Waals surface area contributed by atoms with Gasteiger partial charge in [-0.05, 0) is 32.1 Å². The Balaban J connectivity index is 2.66. The largest absolute Gasteiger partial charge is 0.478 e. The van der Waals surface area contributed by atoms with Gasteiger partial charge in [-0.3, -0.25) is 0 Å². The summed E-state index contributed by atoms with van der Waals surface area (Å²) >= 11 is 1.68. The third-order valence-corrected chi connectivity index (χ3v) is 9.07. The second-order valence-corrected chi connectivity index (χ2v) is 13.2. The highest BCUT2D eigenvalue weighted by atomic mass is 32.1. The van der Waals surface area contributed by atoms with Gasteiger partial charge in [-0.1, -0.05) is 53.7 Å². The molecule has 0 atom stereocenters. The minimum atomic E-state index is -0.839. The van der Waals surface area contributed by atoms with Gasteiger partial charge in [0.1, 0.15) is 8.80 Å². The number of carboxylic acids is 1.